The number of anilines is 2. The summed E-state index contributed by atoms with van der Waals surface area (Å²) in [5.41, 5.74) is 2.51. The van der Waals surface area contributed by atoms with Crippen molar-refractivity contribution in [1.82, 2.24) is 34.8 Å². The van der Waals surface area contributed by atoms with Crippen molar-refractivity contribution < 1.29 is 42.5 Å². The average molecular weight is 905 g/mol. The number of aliphatic hydroxyl groups is 1. The molecule has 66 heavy (non-hydrogen) atoms. The summed E-state index contributed by atoms with van der Waals surface area (Å²) in [6, 6.07) is 19.7. The summed E-state index contributed by atoms with van der Waals surface area (Å²) in [5.74, 6) is -1.38. The third-order valence-corrected chi connectivity index (χ3v) is 12.8. The van der Waals surface area contributed by atoms with E-state index >= 15 is 8.78 Å². The molecule has 19 heteroatoms. The summed E-state index contributed by atoms with van der Waals surface area (Å²) in [6.07, 6.45) is 0.681. The number of piperidine rings is 1. The minimum absolute atomic E-state index is 0.144. The fourth-order valence-corrected chi connectivity index (χ4v) is 9.56. The van der Waals surface area contributed by atoms with Crippen molar-refractivity contribution in [3.8, 4) is 29.1 Å². The summed E-state index contributed by atoms with van der Waals surface area (Å²) in [4.78, 5) is 52.5. The lowest BCUT2D eigenvalue weighted by Crippen LogP contribution is -2.61. The number of benzene rings is 3. The number of fused-ring (bicyclic) bond motifs is 2. The van der Waals surface area contributed by atoms with Crippen molar-refractivity contribution in [2.75, 3.05) is 69.3 Å². The smallest absolute Gasteiger partial charge is 0.275 e. The van der Waals surface area contributed by atoms with Crippen LogP contribution >= 0.6 is 0 Å². The number of ether oxygens (including phenoxy) is 3. The molecule has 3 aromatic carbocycles. The predicted molar refractivity (Wildman–Crippen MR) is 238 cm³/mol. The number of carbonyl (C=O) groups is 3. The largest absolute Gasteiger partial charge is 0.493 e. The Morgan fingerprint density at radius 2 is 1.71 bits per heavy atom. The number of hydrogen-bond donors (Lipinski definition) is 2. The number of aliphatic hydroxyl groups excluding tert-OH is 1. The maximum Gasteiger partial charge on any atom is 0.275 e. The van der Waals surface area contributed by atoms with Crippen LogP contribution in [0.25, 0.3) is 10.9 Å². The number of amides is 3. The standard InChI is InChI=1S/C47H50F2N10O7/c1-4-65-38-25-30(7-12-37(38)64-3)35(13-17-50)59-44(61)34-14-18-51-43(41(34)45(59)62)57-23-21-56(22-24-57)39-15-19-55(28-47(39,48)49)27-29-5-8-31(9-6-29)66-32-10-11-33-36(26-32)54(2)53-42(33)58-20-16-40(60)52-46(58)63/h5-12,14,18,25-26,35,39,46,63H,4,13,15-16,19-24,27-28H2,1-3H3,(H,52,60)/t35-,39-,46?/m1/s1. The van der Waals surface area contributed by atoms with Gasteiger partial charge >= 0.3 is 0 Å². The van der Waals surface area contributed by atoms with Crippen LogP contribution in [0.15, 0.2) is 72.9 Å². The first-order valence-electron chi connectivity index (χ1n) is 22.0. The highest BCUT2D eigenvalue weighted by Crippen LogP contribution is 2.41. The van der Waals surface area contributed by atoms with Gasteiger partial charge in [0.2, 0.25) is 12.3 Å². The number of methoxy groups -OCH3 is 1. The van der Waals surface area contributed by atoms with Gasteiger partial charge in [0, 0.05) is 76.9 Å². The minimum atomic E-state index is -2.98. The van der Waals surface area contributed by atoms with E-state index in [9.17, 15) is 24.8 Å². The van der Waals surface area contributed by atoms with E-state index in [1.165, 1.54) is 19.4 Å². The van der Waals surface area contributed by atoms with E-state index in [4.69, 9.17) is 14.2 Å². The van der Waals surface area contributed by atoms with Gasteiger partial charge < -0.3 is 34.4 Å². The predicted octanol–water partition coefficient (Wildman–Crippen LogP) is 5.05. The summed E-state index contributed by atoms with van der Waals surface area (Å²) in [5, 5.41) is 28.1. The zero-order valence-corrected chi connectivity index (χ0v) is 36.8. The third-order valence-electron chi connectivity index (χ3n) is 12.8. The Morgan fingerprint density at radius 1 is 0.939 bits per heavy atom. The topological polar surface area (TPSA) is 182 Å². The number of halogens is 2. The molecule has 6 heterocycles. The molecule has 9 rings (SSSR count). The van der Waals surface area contributed by atoms with Crippen molar-refractivity contribution >= 4 is 40.3 Å². The summed E-state index contributed by atoms with van der Waals surface area (Å²) in [7, 11) is 3.30. The van der Waals surface area contributed by atoms with Crippen molar-refractivity contribution in [2.24, 2.45) is 7.05 Å². The van der Waals surface area contributed by atoms with E-state index in [1.807, 2.05) is 53.1 Å². The molecular formula is C47H50F2N10O7. The lowest BCUT2D eigenvalue weighted by molar-refractivity contribution is -0.129. The Labute approximate surface area is 379 Å². The van der Waals surface area contributed by atoms with Gasteiger partial charge in [-0.2, -0.15) is 10.4 Å². The number of likely N-dealkylation sites (tertiary alicyclic amines) is 1. The van der Waals surface area contributed by atoms with E-state index in [0.29, 0.717) is 92.6 Å². The fourth-order valence-electron chi connectivity index (χ4n) is 9.56. The molecule has 3 atom stereocenters. The molecule has 1 unspecified atom stereocenters. The fraction of sp³-hybridized carbons (Fsp3) is 0.404. The molecule has 5 aromatic rings. The zero-order valence-electron chi connectivity index (χ0n) is 36.8. The summed E-state index contributed by atoms with van der Waals surface area (Å²) >= 11 is 0. The van der Waals surface area contributed by atoms with Crippen LogP contribution in [0.4, 0.5) is 20.4 Å². The molecule has 0 spiro atoms. The number of hydrogen-bond acceptors (Lipinski definition) is 14. The van der Waals surface area contributed by atoms with Gasteiger partial charge in [-0.3, -0.25) is 33.8 Å². The van der Waals surface area contributed by atoms with Gasteiger partial charge in [-0.15, -0.1) is 0 Å². The molecule has 4 aliphatic rings. The van der Waals surface area contributed by atoms with Gasteiger partial charge in [0.15, 0.2) is 17.3 Å². The monoisotopic (exact) mass is 904 g/mol. The van der Waals surface area contributed by atoms with Crippen molar-refractivity contribution in [3.05, 3.63) is 95.2 Å². The van der Waals surface area contributed by atoms with Crippen LogP contribution in [-0.4, -0.2) is 130 Å². The van der Waals surface area contributed by atoms with Gasteiger partial charge in [-0.05, 0) is 66.9 Å². The van der Waals surface area contributed by atoms with Crippen LogP contribution in [0, 0.1) is 11.3 Å². The normalized spacial score (nSPS) is 20.6. The SMILES string of the molecule is CCOc1cc([C@@H](CC#N)N2C(=O)c3ccnc(N4CCN([C@@H]5CCN(Cc6ccc(Oc7ccc8c(N9CCC(=O)NC9O)nn(C)c8c7)cc6)CC5(F)F)CC4)c3C2=O)ccc1OC. The number of nitriles is 1. The number of piperazine rings is 1. The lowest BCUT2D eigenvalue weighted by atomic mass is 9.97. The number of aryl methyl sites for hydroxylation is 1. The number of aromatic nitrogens is 3. The molecule has 0 radical (unpaired) electrons. The third kappa shape index (κ3) is 8.43. The van der Waals surface area contributed by atoms with Gasteiger partial charge in [0.1, 0.15) is 17.3 Å². The average Bonchev–Trinajstić information content (AvgIpc) is 3.76. The summed E-state index contributed by atoms with van der Waals surface area (Å²) < 4.78 is 51.0. The van der Waals surface area contributed by atoms with E-state index in [0.717, 1.165) is 21.4 Å². The van der Waals surface area contributed by atoms with E-state index in [-0.39, 0.29) is 36.3 Å². The number of pyridine rings is 1. The van der Waals surface area contributed by atoms with Gasteiger partial charge in [-0.25, -0.2) is 13.8 Å². The highest BCUT2D eigenvalue weighted by molar-refractivity contribution is 6.23. The second-order valence-corrected chi connectivity index (χ2v) is 16.8. The van der Waals surface area contributed by atoms with Crippen LogP contribution in [0.5, 0.6) is 23.0 Å². The molecule has 2 aromatic heterocycles. The maximum atomic E-state index is 16.0. The molecule has 3 fully saturated rings. The molecule has 17 nitrogen and oxygen atoms in total. The molecule has 2 N–H and O–H groups in total. The number of imide groups is 1. The van der Waals surface area contributed by atoms with E-state index < -0.39 is 42.7 Å². The number of alkyl halides is 2. The number of nitrogens with one attached hydrogen (secondary N) is 1. The first kappa shape index (κ1) is 44.3. The molecule has 344 valence electrons. The van der Waals surface area contributed by atoms with Crippen molar-refractivity contribution in [3.63, 3.8) is 0 Å². The maximum absolute atomic E-state index is 16.0. The quantitative estimate of drug-likeness (QED) is 0.150. The molecule has 4 aliphatic heterocycles. The summed E-state index contributed by atoms with van der Waals surface area (Å²) in [6.45, 7) is 4.24. The molecule has 0 bridgehead atoms. The second kappa shape index (κ2) is 18.2. The Kier molecular flexibility index (Phi) is 12.2. The Morgan fingerprint density at radius 3 is 2.42 bits per heavy atom. The molecule has 3 saturated heterocycles. The Balaban J connectivity index is 0.804. The van der Waals surface area contributed by atoms with Gasteiger partial charge in [-0.1, -0.05) is 18.2 Å². The van der Waals surface area contributed by atoms with Crippen LogP contribution in [-0.2, 0) is 18.4 Å². The van der Waals surface area contributed by atoms with E-state index in [2.05, 4.69) is 21.5 Å². The zero-order chi connectivity index (χ0) is 46.3. The first-order valence-corrected chi connectivity index (χ1v) is 22.0. The van der Waals surface area contributed by atoms with E-state index in [1.54, 1.807) is 45.8 Å². The number of carbonyl (C=O) groups excluding carboxylic acids is 3. The van der Waals surface area contributed by atoms with Gasteiger partial charge in [0.25, 0.3) is 17.7 Å². The van der Waals surface area contributed by atoms with Crippen LogP contribution in [0.1, 0.15) is 64.1 Å². The first-order chi connectivity index (χ1) is 31.9. The minimum Gasteiger partial charge on any atom is -0.493 e. The highest BCUT2D eigenvalue weighted by Gasteiger charge is 2.49. The second-order valence-electron chi connectivity index (χ2n) is 16.8. The van der Waals surface area contributed by atoms with Crippen LogP contribution in [0.2, 0.25) is 0 Å². The van der Waals surface area contributed by atoms with Crippen molar-refractivity contribution in [1.29, 1.82) is 5.26 Å². The molecular weight excluding hydrogens is 855 g/mol. The number of nitrogens with zero attached hydrogens (tertiary/aromatic N) is 9. The molecule has 3 amide bonds. The number of rotatable bonds is 13. The Hall–Kier alpha value is -6.88. The molecule has 0 aliphatic carbocycles. The highest BCUT2D eigenvalue weighted by atomic mass is 19.3. The molecule has 0 saturated carbocycles. The Bertz CT molecular complexity index is 2700. The van der Waals surface area contributed by atoms with Gasteiger partial charge in [0.05, 0.1) is 61.5 Å². The van der Waals surface area contributed by atoms with Crippen LogP contribution in [0.3, 0.4) is 0 Å². The van der Waals surface area contributed by atoms with Crippen LogP contribution < -0.4 is 29.3 Å². The van der Waals surface area contributed by atoms with Crippen molar-refractivity contribution in [2.45, 2.75) is 57.1 Å². The lowest BCUT2D eigenvalue weighted by Gasteiger charge is -2.46.